The van der Waals surface area contributed by atoms with Gasteiger partial charge in [-0.05, 0) is 26.0 Å². The summed E-state index contributed by atoms with van der Waals surface area (Å²) in [5, 5.41) is 14.1. The SMILES string of the molecule is COC(=O)c1ccc([N+](=O)[O-])c(NCc2cncn2C(C)C)c1. The maximum atomic E-state index is 11.6. The predicted molar refractivity (Wildman–Crippen MR) is 84.4 cm³/mol. The summed E-state index contributed by atoms with van der Waals surface area (Å²) in [6, 6.07) is 4.30. The molecule has 0 aliphatic carbocycles. The quantitative estimate of drug-likeness (QED) is 0.499. The fourth-order valence-corrected chi connectivity index (χ4v) is 2.20. The number of hydrogen-bond acceptors (Lipinski definition) is 6. The number of nitro groups is 1. The molecular formula is C15H18N4O4. The summed E-state index contributed by atoms with van der Waals surface area (Å²) >= 11 is 0. The zero-order chi connectivity index (χ0) is 17.0. The van der Waals surface area contributed by atoms with E-state index >= 15 is 0 Å². The molecule has 0 bridgehead atoms. The molecule has 8 nitrogen and oxygen atoms in total. The van der Waals surface area contributed by atoms with Crippen LogP contribution in [0.4, 0.5) is 11.4 Å². The second-order valence-corrected chi connectivity index (χ2v) is 5.22. The Morgan fingerprint density at radius 3 is 2.83 bits per heavy atom. The highest BCUT2D eigenvalue weighted by Crippen LogP contribution is 2.26. The lowest BCUT2D eigenvalue weighted by Crippen LogP contribution is -2.10. The van der Waals surface area contributed by atoms with Crippen LogP contribution >= 0.6 is 0 Å². The molecule has 0 spiro atoms. The average Bonchev–Trinajstić information content (AvgIpc) is 3.00. The van der Waals surface area contributed by atoms with Crippen LogP contribution in [0.2, 0.25) is 0 Å². The Hall–Kier alpha value is -2.90. The number of nitro benzene ring substituents is 1. The van der Waals surface area contributed by atoms with E-state index in [1.165, 1.54) is 25.3 Å². The Morgan fingerprint density at radius 2 is 2.22 bits per heavy atom. The average molecular weight is 318 g/mol. The number of methoxy groups -OCH3 is 1. The summed E-state index contributed by atoms with van der Waals surface area (Å²) in [6.07, 6.45) is 3.41. The predicted octanol–water partition coefficient (Wildman–Crippen LogP) is 2.77. The summed E-state index contributed by atoms with van der Waals surface area (Å²) in [5.74, 6) is -0.546. The second-order valence-electron chi connectivity index (χ2n) is 5.22. The van der Waals surface area contributed by atoms with E-state index in [1.807, 2.05) is 18.4 Å². The van der Waals surface area contributed by atoms with Gasteiger partial charge in [0, 0.05) is 18.3 Å². The van der Waals surface area contributed by atoms with Crippen molar-refractivity contribution in [1.29, 1.82) is 0 Å². The number of nitrogens with one attached hydrogen (secondary N) is 1. The number of carbonyl (C=O) groups excluding carboxylic acids is 1. The number of anilines is 1. The lowest BCUT2D eigenvalue weighted by Gasteiger charge is -2.13. The van der Waals surface area contributed by atoms with Gasteiger partial charge in [-0.3, -0.25) is 10.1 Å². The summed E-state index contributed by atoms with van der Waals surface area (Å²) < 4.78 is 6.60. The largest absolute Gasteiger partial charge is 0.465 e. The number of esters is 1. The lowest BCUT2D eigenvalue weighted by atomic mass is 10.1. The molecule has 2 rings (SSSR count). The molecule has 1 heterocycles. The molecule has 1 N–H and O–H groups in total. The van der Waals surface area contributed by atoms with Crippen LogP contribution in [-0.2, 0) is 11.3 Å². The summed E-state index contributed by atoms with van der Waals surface area (Å²) in [5.41, 5.74) is 1.29. The number of aromatic nitrogens is 2. The van der Waals surface area contributed by atoms with Crippen LogP contribution in [-0.4, -0.2) is 27.6 Å². The van der Waals surface area contributed by atoms with Gasteiger partial charge >= 0.3 is 5.97 Å². The van der Waals surface area contributed by atoms with Crippen molar-refractivity contribution in [2.45, 2.75) is 26.4 Å². The van der Waals surface area contributed by atoms with Crippen LogP contribution < -0.4 is 5.32 Å². The lowest BCUT2D eigenvalue weighted by molar-refractivity contribution is -0.384. The van der Waals surface area contributed by atoms with Gasteiger partial charge in [0.2, 0.25) is 0 Å². The van der Waals surface area contributed by atoms with E-state index in [-0.39, 0.29) is 23.0 Å². The second kappa shape index (κ2) is 6.91. The monoisotopic (exact) mass is 318 g/mol. The fraction of sp³-hybridized carbons (Fsp3) is 0.333. The molecule has 0 fully saturated rings. The van der Waals surface area contributed by atoms with Crippen LogP contribution in [0, 0.1) is 10.1 Å². The van der Waals surface area contributed by atoms with Gasteiger partial charge in [-0.2, -0.15) is 0 Å². The van der Waals surface area contributed by atoms with Gasteiger partial charge in [0.1, 0.15) is 5.69 Å². The third-order valence-electron chi connectivity index (χ3n) is 3.38. The third kappa shape index (κ3) is 3.65. The van der Waals surface area contributed by atoms with Crippen molar-refractivity contribution in [3.63, 3.8) is 0 Å². The van der Waals surface area contributed by atoms with E-state index in [9.17, 15) is 14.9 Å². The maximum Gasteiger partial charge on any atom is 0.337 e. The van der Waals surface area contributed by atoms with Crippen molar-refractivity contribution in [2.75, 3.05) is 12.4 Å². The zero-order valence-electron chi connectivity index (χ0n) is 13.1. The molecule has 8 heteroatoms. The Kier molecular flexibility index (Phi) is 4.95. The zero-order valence-corrected chi connectivity index (χ0v) is 13.1. The summed E-state index contributed by atoms with van der Waals surface area (Å²) in [6.45, 7) is 4.39. The minimum absolute atomic E-state index is 0.103. The Morgan fingerprint density at radius 1 is 1.48 bits per heavy atom. The number of carbonyl (C=O) groups is 1. The van der Waals surface area contributed by atoms with Gasteiger partial charge in [0.25, 0.3) is 5.69 Å². The summed E-state index contributed by atoms with van der Waals surface area (Å²) in [4.78, 5) is 26.3. The first-order chi connectivity index (χ1) is 10.9. The molecule has 0 amide bonds. The molecular weight excluding hydrogens is 300 g/mol. The molecule has 122 valence electrons. The molecule has 1 aromatic heterocycles. The normalized spacial score (nSPS) is 10.6. The van der Waals surface area contributed by atoms with Gasteiger partial charge in [-0.1, -0.05) is 0 Å². The van der Waals surface area contributed by atoms with Crippen molar-refractivity contribution < 1.29 is 14.5 Å². The molecule has 0 atom stereocenters. The van der Waals surface area contributed by atoms with E-state index in [1.54, 1.807) is 12.5 Å². The molecule has 2 aromatic rings. The van der Waals surface area contributed by atoms with Crippen LogP contribution in [0.5, 0.6) is 0 Å². The van der Waals surface area contributed by atoms with Crippen LogP contribution in [0.25, 0.3) is 0 Å². The molecule has 0 aliphatic heterocycles. The number of nitrogens with zero attached hydrogens (tertiary/aromatic N) is 3. The topological polar surface area (TPSA) is 99.3 Å². The molecule has 0 radical (unpaired) electrons. The van der Waals surface area contributed by atoms with Crippen molar-refractivity contribution in [3.05, 3.63) is 52.1 Å². The Labute approximate surface area is 133 Å². The first kappa shape index (κ1) is 16.5. The van der Waals surface area contributed by atoms with E-state index in [2.05, 4.69) is 15.0 Å². The highest BCUT2D eigenvalue weighted by atomic mass is 16.6. The van der Waals surface area contributed by atoms with Gasteiger partial charge in [-0.25, -0.2) is 9.78 Å². The Bertz CT molecular complexity index is 724. The number of imidazole rings is 1. The third-order valence-corrected chi connectivity index (χ3v) is 3.38. The Balaban J connectivity index is 2.28. The van der Waals surface area contributed by atoms with Crippen molar-refractivity contribution in [3.8, 4) is 0 Å². The first-order valence-corrected chi connectivity index (χ1v) is 7.05. The van der Waals surface area contributed by atoms with E-state index in [4.69, 9.17) is 0 Å². The van der Waals surface area contributed by atoms with Crippen molar-refractivity contribution in [2.24, 2.45) is 0 Å². The number of hydrogen-bond donors (Lipinski definition) is 1. The standard InChI is InChI=1S/C15H18N4O4/c1-10(2)18-9-16-7-12(18)8-17-13-6-11(15(20)23-3)4-5-14(13)19(21)22/h4-7,9-10,17H,8H2,1-3H3. The first-order valence-electron chi connectivity index (χ1n) is 7.05. The van der Waals surface area contributed by atoms with E-state index < -0.39 is 10.9 Å². The minimum atomic E-state index is -0.546. The number of rotatable bonds is 6. The summed E-state index contributed by atoms with van der Waals surface area (Å²) in [7, 11) is 1.26. The van der Waals surface area contributed by atoms with E-state index in [0.717, 1.165) is 5.69 Å². The molecule has 0 aliphatic rings. The van der Waals surface area contributed by atoms with Crippen molar-refractivity contribution in [1.82, 2.24) is 9.55 Å². The molecule has 0 saturated carbocycles. The van der Waals surface area contributed by atoms with Gasteiger partial charge in [0.15, 0.2) is 0 Å². The number of benzene rings is 1. The van der Waals surface area contributed by atoms with Crippen LogP contribution in [0.3, 0.4) is 0 Å². The smallest absolute Gasteiger partial charge is 0.337 e. The minimum Gasteiger partial charge on any atom is -0.465 e. The molecule has 23 heavy (non-hydrogen) atoms. The van der Waals surface area contributed by atoms with Gasteiger partial charge in [-0.15, -0.1) is 0 Å². The maximum absolute atomic E-state index is 11.6. The number of ether oxygens (including phenoxy) is 1. The van der Waals surface area contributed by atoms with Crippen LogP contribution in [0.15, 0.2) is 30.7 Å². The fourth-order valence-electron chi connectivity index (χ4n) is 2.20. The molecule has 0 unspecified atom stereocenters. The van der Waals surface area contributed by atoms with Crippen molar-refractivity contribution >= 4 is 17.3 Å². The van der Waals surface area contributed by atoms with Crippen LogP contribution in [0.1, 0.15) is 35.9 Å². The van der Waals surface area contributed by atoms with Gasteiger partial charge in [0.05, 0.1) is 36.2 Å². The highest BCUT2D eigenvalue weighted by Gasteiger charge is 2.17. The highest BCUT2D eigenvalue weighted by molar-refractivity contribution is 5.91. The molecule has 0 saturated heterocycles. The van der Waals surface area contributed by atoms with Gasteiger partial charge < -0.3 is 14.6 Å². The van der Waals surface area contributed by atoms with E-state index in [0.29, 0.717) is 6.54 Å². The molecule has 1 aromatic carbocycles.